The zero-order valence-electron chi connectivity index (χ0n) is 15.1. The van der Waals surface area contributed by atoms with Gasteiger partial charge in [-0.05, 0) is 35.7 Å². The van der Waals surface area contributed by atoms with E-state index in [4.69, 9.17) is 11.6 Å². The van der Waals surface area contributed by atoms with Crippen LogP contribution >= 0.6 is 22.9 Å². The second-order valence-corrected chi connectivity index (χ2v) is 8.22. The lowest BCUT2D eigenvalue weighted by molar-refractivity contribution is 0.249. The first kappa shape index (κ1) is 18.7. The zero-order valence-corrected chi connectivity index (χ0v) is 16.7. The molecule has 0 saturated heterocycles. The van der Waals surface area contributed by atoms with E-state index in [1.165, 1.54) is 16.5 Å². The summed E-state index contributed by atoms with van der Waals surface area (Å²) < 4.78 is 0. The number of fused-ring (bicyclic) bond motifs is 1. The van der Waals surface area contributed by atoms with Gasteiger partial charge in [-0.15, -0.1) is 11.3 Å². The molecule has 0 atom stereocenters. The summed E-state index contributed by atoms with van der Waals surface area (Å²) in [6.07, 6.45) is 2.42. The number of rotatable bonds is 4. The van der Waals surface area contributed by atoms with Gasteiger partial charge in [0, 0.05) is 41.3 Å². The molecule has 0 saturated carbocycles. The molecule has 1 aromatic heterocycles. The number of thiophene rings is 1. The second-order valence-electron chi connectivity index (χ2n) is 6.70. The van der Waals surface area contributed by atoms with Crippen LogP contribution in [0.25, 0.3) is 0 Å². The van der Waals surface area contributed by atoms with Crippen LogP contribution in [-0.2, 0) is 19.5 Å². The first-order valence-electron chi connectivity index (χ1n) is 8.97. The van der Waals surface area contributed by atoms with Crippen LogP contribution < -0.4 is 0 Å². The normalized spacial score (nSPS) is 14.1. The van der Waals surface area contributed by atoms with Crippen molar-refractivity contribution in [1.82, 2.24) is 4.90 Å². The number of benzene rings is 2. The van der Waals surface area contributed by atoms with Gasteiger partial charge in [0.2, 0.25) is 0 Å². The van der Waals surface area contributed by atoms with Crippen molar-refractivity contribution in [2.24, 2.45) is 4.99 Å². The molecule has 0 radical (unpaired) electrons. The van der Waals surface area contributed by atoms with E-state index >= 15 is 0 Å². The first-order valence-corrected chi connectivity index (χ1v) is 10.2. The molecule has 2 heterocycles. The molecular weight excluding hydrogens is 390 g/mol. The van der Waals surface area contributed by atoms with Gasteiger partial charge in [-0.2, -0.15) is 5.26 Å². The van der Waals surface area contributed by atoms with Gasteiger partial charge in [0.15, 0.2) is 0 Å². The Balaban J connectivity index is 1.57. The standard InChI is InChI=1S/C22H18ClN3OS/c23-17-6-7-20(27)16(10-17)12-25-22-19(11-24)18-8-9-26(14-21(18)28-22)13-15-4-2-1-3-5-15/h1-7,10,12,27H,8-9,13-14H2/b25-12+. The van der Waals surface area contributed by atoms with Gasteiger partial charge in [-0.1, -0.05) is 41.9 Å². The molecule has 6 heteroatoms. The van der Waals surface area contributed by atoms with Crippen LogP contribution in [0.15, 0.2) is 53.5 Å². The van der Waals surface area contributed by atoms with Gasteiger partial charge in [-0.25, -0.2) is 4.99 Å². The van der Waals surface area contributed by atoms with E-state index in [-0.39, 0.29) is 5.75 Å². The molecule has 0 spiro atoms. The van der Waals surface area contributed by atoms with Crippen molar-refractivity contribution in [1.29, 1.82) is 5.26 Å². The minimum absolute atomic E-state index is 0.113. The minimum atomic E-state index is 0.113. The molecule has 3 aromatic rings. The Morgan fingerprint density at radius 2 is 2.07 bits per heavy atom. The summed E-state index contributed by atoms with van der Waals surface area (Å²) in [7, 11) is 0. The molecule has 1 aliphatic rings. The summed E-state index contributed by atoms with van der Waals surface area (Å²) in [6.45, 7) is 2.64. The van der Waals surface area contributed by atoms with Crippen molar-refractivity contribution in [2.75, 3.05) is 6.54 Å². The fourth-order valence-electron chi connectivity index (χ4n) is 3.38. The summed E-state index contributed by atoms with van der Waals surface area (Å²) in [5, 5.41) is 20.8. The molecule has 0 amide bonds. The number of aromatic hydroxyl groups is 1. The average molecular weight is 408 g/mol. The molecule has 140 valence electrons. The van der Waals surface area contributed by atoms with E-state index in [1.807, 2.05) is 6.07 Å². The van der Waals surface area contributed by atoms with Crippen LogP contribution in [0.1, 0.15) is 27.1 Å². The quantitative estimate of drug-likeness (QED) is 0.598. The van der Waals surface area contributed by atoms with E-state index < -0.39 is 0 Å². The summed E-state index contributed by atoms with van der Waals surface area (Å²) in [4.78, 5) is 8.09. The molecule has 0 aliphatic carbocycles. The number of nitrogens with zero attached hydrogens (tertiary/aromatic N) is 3. The van der Waals surface area contributed by atoms with Crippen LogP contribution in [-0.4, -0.2) is 22.8 Å². The Morgan fingerprint density at radius 1 is 1.25 bits per heavy atom. The first-order chi connectivity index (χ1) is 13.6. The Hall–Kier alpha value is -2.65. The smallest absolute Gasteiger partial charge is 0.134 e. The van der Waals surface area contributed by atoms with E-state index in [0.717, 1.165) is 31.6 Å². The summed E-state index contributed by atoms with van der Waals surface area (Å²) in [5.41, 5.74) is 3.59. The van der Waals surface area contributed by atoms with Crippen molar-refractivity contribution in [3.8, 4) is 11.8 Å². The monoisotopic (exact) mass is 407 g/mol. The average Bonchev–Trinajstić information content (AvgIpc) is 3.06. The number of aliphatic imine (C=N–C) groups is 1. The third-order valence-corrected chi connectivity index (χ3v) is 6.15. The molecule has 2 aromatic carbocycles. The fraction of sp³-hybridized carbons (Fsp3) is 0.182. The molecule has 1 N–H and O–H groups in total. The molecule has 0 fully saturated rings. The zero-order chi connectivity index (χ0) is 19.5. The number of phenolic OH excluding ortho intramolecular Hbond substituents is 1. The minimum Gasteiger partial charge on any atom is -0.507 e. The Morgan fingerprint density at radius 3 is 2.86 bits per heavy atom. The fourth-order valence-corrected chi connectivity index (χ4v) is 4.75. The largest absolute Gasteiger partial charge is 0.507 e. The predicted molar refractivity (Wildman–Crippen MR) is 114 cm³/mol. The van der Waals surface area contributed by atoms with E-state index in [1.54, 1.807) is 29.7 Å². The summed E-state index contributed by atoms with van der Waals surface area (Å²) in [6, 6.07) is 17.6. The summed E-state index contributed by atoms with van der Waals surface area (Å²) >= 11 is 7.55. The molecule has 1 aliphatic heterocycles. The van der Waals surface area contributed by atoms with Crippen LogP contribution in [0, 0.1) is 11.3 Å². The molecular formula is C22H18ClN3OS. The summed E-state index contributed by atoms with van der Waals surface area (Å²) in [5.74, 6) is 0.113. The Bertz CT molecular complexity index is 1070. The maximum Gasteiger partial charge on any atom is 0.134 e. The van der Waals surface area contributed by atoms with Crippen molar-refractivity contribution in [3.63, 3.8) is 0 Å². The third kappa shape index (κ3) is 3.95. The lowest BCUT2D eigenvalue weighted by atomic mass is 10.0. The number of hydrogen-bond donors (Lipinski definition) is 1. The van der Waals surface area contributed by atoms with Crippen LogP contribution in [0.2, 0.25) is 5.02 Å². The number of phenols is 1. The maximum atomic E-state index is 9.96. The number of nitriles is 1. The third-order valence-electron chi connectivity index (χ3n) is 4.79. The molecule has 0 unspecified atom stereocenters. The molecule has 28 heavy (non-hydrogen) atoms. The van der Waals surface area contributed by atoms with Crippen molar-refractivity contribution in [3.05, 3.63) is 80.7 Å². The van der Waals surface area contributed by atoms with Gasteiger partial charge in [0.1, 0.15) is 16.8 Å². The topological polar surface area (TPSA) is 59.6 Å². The van der Waals surface area contributed by atoms with E-state index in [0.29, 0.717) is 21.2 Å². The Kier molecular flexibility index (Phi) is 5.45. The van der Waals surface area contributed by atoms with Gasteiger partial charge < -0.3 is 5.11 Å². The molecule has 0 bridgehead atoms. The lowest BCUT2D eigenvalue weighted by Gasteiger charge is -2.26. The highest BCUT2D eigenvalue weighted by Gasteiger charge is 2.24. The predicted octanol–water partition coefficient (Wildman–Crippen LogP) is 5.29. The molecule has 4 rings (SSSR count). The van der Waals surface area contributed by atoms with Crippen molar-refractivity contribution < 1.29 is 5.11 Å². The van der Waals surface area contributed by atoms with Gasteiger partial charge in [-0.3, -0.25) is 4.90 Å². The highest BCUT2D eigenvalue weighted by atomic mass is 35.5. The van der Waals surface area contributed by atoms with Crippen molar-refractivity contribution in [2.45, 2.75) is 19.5 Å². The maximum absolute atomic E-state index is 9.96. The van der Waals surface area contributed by atoms with Crippen molar-refractivity contribution >= 4 is 34.2 Å². The second kappa shape index (κ2) is 8.15. The van der Waals surface area contributed by atoms with Crippen LogP contribution in [0.4, 0.5) is 5.00 Å². The van der Waals surface area contributed by atoms with E-state index in [9.17, 15) is 10.4 Å². The van der Waals surface area contributed by atoms with Crippen LogP contribution in [0.3, 0.4) is 0 Å². The SMILES string of the molecule is N#Cc1c(/N=C/c2cc(Cl)ccc2O)sc2c1CCN(Cc1ccccc1)C2. The van der Waals surface area contributed by atoms with Crippen LogP contribution in [0.5, 0.6) is 5.75 Å². The Labute approximate surface area is 173 Å². The highest BCUT2D eigenvalue weighted by Crippen LogP contribution is 2.39. The van der Waals surface area contributed by atoms with Gasteiger partial charge in [0.05, 0.1) is 5.56 Å². The highest BCUT2D eigenvalue weighted by molar-refractivity contribution is 7.16. The van der Waals surface area contributed by atoms with E-state index in [2.05, 4.69) is 40.2 Å². The number of halogens is 1. The van der Waals surface area contributed by atoms with Gasteiger partial charge >= 0.3 is 0 Å². The number of hydrogen-bond acceptors (Lipinski definition) is 5. The van der Waals surface area contributed by atoms with Gasteiger partial charge in [0.25, 0.3) is 0 Å². The molecule has 4 nitrogen and oxygen atoms in total. The lowest BCUT2D eigenvalue weighted by Crippen LogP contribution is -2.29.